The molecular formula is C26H42N7O18P3S. The Kier molecular flexibility index (Phi) is 16.6. The molecule has 2 aromatic rings. The van der Waals surface area contributed by atoms with E-state index < -0.39 is 90.7 Å². The van der Waals surface area contributed by atoms with E-state index in [9.17, 15) is 63.0 Å². The lowest BCUT2D eigenvalue weighted by Crippen LogP contribution is -2.46. The van der Waals surface area contributed by atoms with E-state index in [-0.39, 0.29) is 53.8 Å². The molecule has 1 fully saturated rings. The number of aliphatic hydroxyl groups excluding tert-OH is 3. The third-order valence-corrected chi connectivity index (χ3v) is 11.4. The highest BCUT2D eigenvalue weighted by molar-refractivity contribution is 8.13. The molecule has 0 saturated carbocycles. The number of fused-ring (bicyclic) bond motifs is 1. The van der Waals surface area contributed by atoms with Crippen LogP contribution in [0.25, 0.3) is 11.2 Å². The normalized spacial score (nSPS) is 22.3. The van der Waals surface area contributed by atoms with E-state index in [1.165, 1.54) is 19.9 Å². The molecule has 0 aliphatic carbocycles. The number of phosphoric acid groups is 3. The summed E-state index contributed by atoms with van der Waals surface area (Å²) in [5.41, 5.74) is 4.22. The lowest BCUT2D eigenvalue weighted by Gasteiger charge is -2.30. The molecule has 4 unspecified atom stereocenters. The van der Waals surface area contributed by atoms with Gasteiger partial charge >= 0.3 is 23.5 Å². The van der Waals surface area contributed by atoms with Crippen molar-refractivity contribution in [2.75, 3.05) is 37.8 Å². The third-order valence-electron chi connectivity index (χ3n) is 7.41. The number of aromatic nitrogens is 4. The monoisotopic (exact) mass is 865 g/mol. The number of imidazole rings is 1. The molecule has 29 heteroatoms. The van der Waals surface area contributed by atoms with Crippen molar-refractivity contribution in [2.45, 2.75) is 63.4 Å². The minimum absolute atomic E-state index is 0.0242. The maximum atomic E-state index is 12.7. The second kappa shape index (κ2) is 19.6. The molecule has 1 saturated heterocycles. The molecule has 2 aromatic heterocycles. The highest BCUT2D eigenvalue weighted by Crippen LogP contribution is 2.61. The molecule has 3 heterocycles. The molecule has 11 N–H and O–H groups in total. The van der Waals surface area contributed by atoms with Crippen molar-refractivity contribution in [1.82, 2.24) is 30.2 Å². The zero-order valence-electron chi connectivity index (χ0n) is 29.1. The highest BCUT2D eigenvalue weighted by atomic mass is 32.2. The molecule has 25 nitrogen and oxygen atoms in total. The van der Waals surface area contributed by atoms with Crippen LogP contribution in [0.4, 0.5) is 5.82 Å². The number of nitrogen functional groups attached to an aromatic ring is 1. The Morgan fingerprint density at radius 2 is 1.76 bits per heavy atom. The van der Waals surface area contributed by atoms with Crippen LogP contribution in [-0.2, 0) is 50.7 Å². The summed E-state index contributed by atoms with van der Waals surface area (Å²) in [7, 11) is -16.4. The van der Waals surface area contributed by atoms with Gasteiger partial charge in [-0.1, -0.05) is 31.7 Å². The Morgan fingerprint density at radius 1 is 1.09 bits per heavy atom. The number of aliphatic hydroxyl groups is 3. The van der Waals surface area contributed by atoms with Gasteiger partial charge in [0.2, 0.25) is 11.8 Å². The molecule has 0 bridgehead atoms. The van der Waals surface area contributed by atoms with Gasteiger partial charge in [0, 0.05) is 37.1 Å². The highest BCUT2D eigenvalue weighted by Gasteiger charge is 2.50. The SMILES string of the molecule is C=CC(O)CC(=O)SCCNC(=O)CCNC(=O)C(O)C(C)(C)COP(=O)(O)OP(=O)(O)OC[C@H]1O[C@@H](n2cnc3c(N)ncnc32)[C@H](O)[C@@H]1OP(=O)(O)O. The van der Waals surface area contributed by atoms with Gasteiger partial charge in [0.05, 0.1) is 25.6 Å². The number of nitrogens with one attached hydrogen (secondary N) is 2. The van der Waals surface area contributed by atoms with Crippen LogP contribution in [-0.4, -0.2) is 134 Å². The van der Waals surface area contributed by atoms with Gasteiger partial charge in [0.25, 0.3) is 0 Å². The summed E-state index contributed by atoms with van der Waals surface area (Å²) in [6, 6.07) is 0. The van der Waals surface area contributed by atoms with Crippen LogP contribution in [0, 0.1) is 5.41 Å². The Balaban J connectivity index is 1.49. The van der Waals surface area contributed by atoms with Gasteiger partial charge in [-0.15, -0.1) is 6.58 Å². The smallest absolute Gasteiger partial charge is 0.389 e. The molecule has 0 radical (unpaired) electrons. The van der Waals surface area contributed by atoms with Crippen molar-refractivity contribution in [3.8, 4) is 0 Å². The summed E-state index contributed by atoms with van der Waals surface area (Å²) in [6.45, 7) is 3.68. The van der Waals surface area contributed by atoms with Crippen molar-refractivity contribution >= 4 is 69.1 Å². The summed E-state index contributed by atoms with van der Waals surface area (Å²) in [5, 5.41) is 35.3. The number of carbonyl (C=O) groups is 3. The van der Waals surface area contributed by atoms with Gasteiger partial charge in [-0.05, 0) is 0 Å². The van der Waals surface area contributed by atoms with E-state index in [0.29, 0.717) is 0 Å². The number of hydrogen-bond acceptors (Lipinski definition) is 19. The number of thioether (sulfide) groups is 1. The van der Waals surface area contributed by atoms with E-state index in [1.807, 2.05) is 0 Å². The molecule has 3 rings (SSSR count). The lowest BCUT2D eigenvalue weighted by atomic mass is 9.87. The quantitative estimate of drug-likeness (QED) is 0.0370. The lowest BCUT2D eigenvalue weighted by molar-refractivity contribution is -0.137. The number of nitrogens with two attached hydrogens (primary N) is 1. The number of amides is 2. The molecule has 1 aliphatic rings. The van der Waals surface area contributed by atoms with Gasteiger partial charge in [-0.2, -0.15) is 4.31 Å². The van der Waals surface area contributed by atoms with E-state index in [1.54, 1.807) is 0 Å². The van der Waals surface area contributed by atoms with Crippen LogP contribution in [0.5, 0.6) is 0 Å². The number of carbonyl (C=O) groups excluding carboxylic acids is 3. The fraction of sp³-hybridized carbons (Fsp3) is 0.615. The first-order chi connectivity index (χ1) is 25.4. The van der Waals surface area contributed by atoms with Crippen molar-refractivity contribution in [3.05, 3.63) is 25.3 Å². The zero-order valence-corrected chi connectivity index (χ0v) is 32.6. The fourth-order valence-corrected chi connectivity index (χ4v) is 8.16. The summed E-state index contributed by atoms with van der Waals surface area (Å²) in [4.78, 5) is 87.0. The van der Waals surface area contributed by atoms with E-state index in [2.05, 4.69) is 41.0 Å². The van der Waals surface area contributed by atoms with Gasteiger partial charge in [-0.3, -0.25) is 32.5 Å². The van der Waals surface area contributed by atoms with Gasteiger partial charge in [0.1, 0.15) is 36.3 Å². The second-order valence-electron chi connectivity index (χ2n) is 12.3. The summed E-state index contributed by atoms with van der Waals surface area (Å²) in [5.74, 6) is -1.31. The number of phosphoric ester groups is 3. The Hall–Kier alpha value is -2.74. The molecule has 1 aliphatic heterocycles. The predicted octanol–water partition coefficient (Wildman–Crippen LogP) is -1.40. The predicted molar refractivity (Wildman–Crippen MR) is 188 cm³/mol. The topological polar surface area (TPSA) is 384 Å². The van der Waals surface area contributed by atoms with E-state index >= 15 is 0 Å². The van der Waals surface area contributed by atoms with Crippen molar-refractivity contribution in [2.24, 2.45) is 5.41 Å². The Morgan fingerprint density at radius 3 is 2.42 bits per heavy atom. The minimum Gasteiger partial charge on any atom is -0.389 e. The molecule has 2 amide bonds. The number of nitrogens with zero attached hydrogens (tertiary/aromatic N) is 4. The molecule has 55 heavy (non-hydrogen) atoms. The number of anilines is 1. The van der Waals surface area contributed by atoms with Crippen LogP contribution in [0.3, 0.4) is 0 Å². The average molecular weight is 866 g/mol. The number of hydrogen-bond donors (Lipinski definition) is 10. The summed E-state index contributed by atoms with van der Waals surface area (Å²) < 4.78 is 61.9. The van der Waals surface area contributed by atoms with Crippen molar-refractivity contribution in [1.29, 1.82) is 0 Å². The maximum absolute atomic E-state index is 12.7. The average Bonchev–Trinajstić information content (AvgIpc) is 3.64. The minimum atomic E-state index is -5.58. The van der Waals surface area contributed by atoms with Crippen LogP contribution in [0.2, 0.25) is 0 Å². The summed E-state index contributed by atoms with van der Waals surface area (Å²) >= 11 is 0.906. The maximum Gasteiger partial charge on any atom is 0.481 e. The number of rotatable bonds is 22. The summed E-state index contributed by atoms with van der Waals surface area (Å²) in [6.07, 6.45) is -6.88. The molecule has 0 aromatic carbocycles. The van der Waals surface area contributed by atoms with E-state index in [0.717, 1.165) is 29.0 Å². The Bertz CT molecular complexity index is 1830. The van der Waals surface area contributed by atoms with Crippen molar-refractivity contribution < 1.29 is 85.6 Å². The second-order valence-corrected chi connectivity index (χ2v) is 17.7. The van der Waals surface area contributed by atoms with Crippen LogP contribution in [0.15, 0.2) is 25.3 Å². The largest absolute Gasteiger partial charge is 0.481 e. The fourth-order valence-electron chi connectivity index (χ4n) is 4.61. The van der Waals surface area contributed by atoms with Gasteiger partial charge in [-0.25, -0.2) is 28.6 Å². The standard InChI is InChI=1S/C26H42N7O18P3S/c1-4-14(34)9-17(36)55-8-7-28-16(35)5-6-29-24(39)21(38)26(2,3)11-48-54(45,46)51-53(43,44)47-10-15-20(50-52(40,41)42)19(37)25(49-15)33-13-32-18-22(27)30-12-31-23(18)33/h4,12-15,19-21,25,34,37-38H,1,5-11H2,2-3H3,(H,28,35)(H,29,39)(H,43,44)(H,45,46)(H2,27,30,31)(H2,40,41,42)/t14?,15-,19-,20-,21?,25-/m1/s1. The number of ether oxygens (including phenoxy) is 1. The first-order valence-corrected chi connectivity index (χ1v) is 21.3. The van der Waals surface area contributed by atoms with Crippen molar-refractivity contribution in [3.63, 3.8) is 0 Å². The van der Waals surface area contributed by atoms with Crippen LogP contribution < -0.4 is 16.4 Å². The van der Waals surface area contributed by atoms with Gasteiger partial charge < -0.3 is 56.0 Å². The molecule has 0 spiro atoms. The molecular weight excluding hydrogens is 823 g/mol. The zero-order chi connectivity index (χ0) is 41.4. The molecule has 8 atom stereocenters. The first-order valence-electron chi connectivity index (χ1n) is 15.8. The van der Waals surface area contributed by atoms with Crippen LogP contribution in [0.1, 0.15) is 32.9 Å². The third kappa shape index (κ3) is 14.3. The van der Waals surface area contributed by atoms with E-state index in [4.69, 9.17) is 19.5 Å². The molecule has 310 valence electrons. The van der Waals surface area contributed by atoms with Gasteiger partial charge in [0.15, 0.2) is 22.8 Å². The van der Waals surface area contributed by atoms with Crippen LogP contribution >= 0.6 is 35.2 Å². The Labute approximate surface area is 316 Å². The first kappa shape index (κ1) is 46.6.